The van der Waals surface area contributed by atoms with E-state index >= 15 is 0 Å². The SMILES string of the molecule is Cc1cc(C)n(-c2ccccc2NC(=O)c2ccc3c(c2)SC2=NS(=O)(=O)CCN23)n1. The van der Waals surface area contributed by atoms with Crippen molar-refractivity contribution < 1.29 is 13.2 Å². The monoisotopic (exact) mass is 453 g/mol. The Kier molecular flexibility index (Phi) is 4.63. The zero-order valence-corrected chi connectivity index (χ0v) is 18.5. The number of carbonyl (C=O) groups is 1. The number of aromatic nitrogens is 2. The van der Waals surface area contributed by atoms with E-state index in [1.807, 2.05) is 55.1 Å². The largest absolute Gasteiger partial charge is 0.320 e. The summed E-state index contributed by atoms with van der Waals surface area (Å²) in [5.41, 5.74) is 4.67. The molecule has 2 aliphatic heterocycles. The quantitative estimate of drug-likeness (QED) is 0.653. The number of hydrogen-bond acceptors (Lipinski definition) is 6. The van der Waals surface area contributed by atoms with Gasteiger partial charge in [-0.15, -0.1) is 4.40 Å². The predicted molar refractivity (Wildman–Crippen MR) is 122 cm³/mol. The molecule has 0 bridgehead atoms. The van der Waals surface area contributed by atoms with Gasteiger partial charge in [0.15, 0.2) is 5.17 Å². The summed E-state index contributed by atoms with van der Waals surface area (Å²) in [7, 11) is -3.42. The molecule has 1 aromatic heterocycles. The van der Waals surface area contributed by atoms with E-state index in [0.29, 0.717) is 23.0 Å². The lowest BCUT2D eigenvalue weighted by atomic mass is 10.1. The maximum Gasteiger partial charge on any atom is 0.257 e. The minimum atomic E-state index is -3.42. The fourth-order valence-electron chi connectivity index (χ4n) is 3.70. The van der Waals surface area contributed by atoms with Gasteiger partial charge in [0.25, 0.3) is 15.9 Å². The highest BCUT2D eigenvalue weighted by Gasteiger charge is 2.33. The molecule has 0 spiro atoms. The number of amidine groups is 1. The van der Waals surface area contributed by atoms with Gasteiger partial charge in [0.05, 0.1) is 28.5 Å². The maximum absolute atomic E-state index is 13.0. The Labute approximate surface area is 184 Å². The van der Waals surface area contributed by atoms with E-state index in [-0.39, 0.29) is 11.7 Å². The van der Waals surface area contributed by atoms with Gasteiger partial charge in [-0.2, -0.15) is 5.10 Å². The van der Waals surface area contributed by atoms with Crippen molar-refractivity contribution in [3.8, 4) is 5.69 Å². The van der Waals surface area contributed by atoms with Crippen LogP contribution in [0.1, 0.15) is 21.7 Å². The summed E-state index contributed by atoms with van der Waals surface area (Å²) >= 11 is 1.27. The van der Waals surface area contributed by atoms with Crippen LogP contribution in [-0.4, -0.2) is 41.6 Å². The van der Waals surface area contributed by atoms with Crippen molar-refractivity contribution in [2.45, 2.75) is 18.7 Å². The van der Waals surface area contributed by atoms with Crippen molar-refractivity contribution in [2.75, 3.05) is 22.5 Å². The van der Waals surface area contributed by atoms with Crippen molar-refractivity contribution in [2.24, 2.45) is 4.40 Å². The number of aryl methyl sites for hydroxylation is 2. The van der Waals surface area contributed by atoms with E-state index in [9.17, 15) is 13.2 Å². The van der Waals surface area contributed by atoms with Crippen LogP contribution >= 0.6 is 11.8 Å². The number of anilines is 2. The zero-order valence-electron chi connectivity index (χ0n) is 16.9. The van der Waals surface area contributed by atoms with Crippen LogP contribution in [0.25, 0.3) is 5.69 Å². The third kappa shape index (κ3) is 3.61. The molecule has 1 amide bonds. The Morgan fingerprint density at radius 1 is 1.10 bits per heavy atom. The number of carbonyl (C=O) groups excluding carboxylic acids is 1. The van der Waals surface area contributed by atoms with Gasteiger partial charge in [0.1, 0.15) is 0 Å². The van der Waals surface area contributed by atoms with Crippen LogP contribution in [0, 0.1) is 13.8 Å². The number of fused-ring (bicyclic) bond motifs is 3. The number of nitrogens with zero attached hydrogens (tertiary/aromatic N) is 4. The molecule has 31 heavy (non-hydrogen) atoms. The molecule has 0 saturated carbocycles. The van der Waals surface area contributed by atoms with Crippen LogP contribution in [0.2, 0.25) is 0 Å². The Bertz CT molecular complexity index is 1360. The van der Waals surface area contributed by atoms with E-state index in [0.717, 1.165) is 27.7 Å². The van der Waals surface area contributed by atoms with Gasteiger partial charge in [-0.1, -0.05) is 12.1 Å². The Balaban J connectivity index is 1.44. The molecule has 1 N–H and O–H groups in total. The van der Waals surface area contributed by atoms with Crippen LogP contribution in [0.3, 0.4) is 0 Å². The summed E-state index contributed by atoms with van der Waals surface area (Å²) < 4.78 is 29.3. The van der Waals surface area contributed by atoms with E-state index in [2.05, 4.69) is 14.8 Å². The molecular formula is C21H19N5O3S2. The van der Waals surface area contributed by atoms with Crippen LogP contribution < -0.4 is 10.2 Å². The fraction of sp³-hybridized carbons (Fsp3) is 0.190. The zero-order chi connectivity index (χ0) is 21.8. The first-order chi connectivity index (χ1) is 14.8. The molecule has 0 fully saturated rings. The Morgan fingerprint density at radius 2 is 1.90 bits per heavy atom. The first-order valence-corrected chi connectivity index (χ1v) is 12.1. The van der Waals surface area contributed by atoms with Crippen molar-refractivity contribution >= 4 is 44.2 Å². The average Bonchev–Trinajstić information content (AvgIpc) is 3.24. The molecule has 10 heteroatoms. The second kappa shape index (κ2) is 7.24. The lowest BCUT2D eigenvalue weighted by Gasteiger charge is -2.22. The summed E-state index contributed by atoms with van der Waals surface area (Å²) in [5.74, 6) is -0.265. The number of nitrogens with one attached hydrogen (secondary N) is 1. The van der Waals surface area contributed by atoms with Crippen LogP contribution in [0.4, 0.5) is 11.4 Å². The van der Waals surface area contributed by atoms with Gasteiger partial charge in [-0.25, -0.2) is 13.1 Å². The van der Waals surface area contributed by atoms with Gasteiger partial charge in [-0.3, -0.25) is 4.79 Å². The molecule has 3 heterocycles. The van der Waals surface area contributed by atoms with Gasteiger partial charge in [-0.05, 0) is 62.0 Å². The minimum Gasteiger partial charge on any atom is -0.320 e. The van der Waals surface area contributed by atoms with Gasteiger partial charge < -0.3 is 10.2 Å². The highest BCUT2D eigenvalue weighted by atomic mass is 32.2. The van der Waals surface area contributed by atoms with Gasteiger partial charge in [0.2, 0.25) is 0 Å². The summed E-state index contributed by atoms with van der Waals surface area (Å²) in [6.07, 6.45) is 0. The first kappa shape index (κ1) is 19.8. The van der Waals surface area contributed by atoms with Gasteiger partial charge >= 0.3 is 0 Å². The van der Waals surface area contributed by atoms with Crippen LogP contribution in [0.5, 0.6) is 0 Å². The van der Waals surface area contributed by atoms with Crippen LogP contribution in [-0.2, 0) is 10.0 Å². The molecule has 0 atom stereocenters. The number of sulfonamides is 1. The van der Waals surface area contributed by atoms with E-state index in [1.165, 1.54) is 11.8 Å². The highest BCUT2D eigenvalue weighted by molar-refractivity contribution is 8.15. The molecule has 2 aliphatic rings. The third-order valence-electron chi connectivity index (χ3n) is 5.13. The van der Waals surface area contributed by atoms with Crippen molar-refractivity contribution in [1.29, 1.82) is 0 Å². The number of hydrogen-bond donors (Lipinski definition) is 1. The molecule has 3 aromatic rings. The standard InChI is InChI=1S/C21H19N5O3S2/c1-13-11-14(2)26(23-13)17-6-4-3-5-16(17)22-20(27)15-7-8-18-19(12-15)30-21-24-31(28,29)10-9-25(18)21/h3-8,11-12H,9-10H2,1-2H3,(H,22,27). The smallest absolute Gasteiger partial charge is 0.257 e. The number of benzene rings is 2. The van der Waals surface area contributed by atoms with Gasteiger partial charge in [0, 0.05) is 22.7 Å². The Hall–Kier alpha value is -3.11. The molecule has 0 radical (unpaired) electrons. The lowest BCUT2D eigenvalue weighted by molar-refractivity contribution is 0.102. The number of amides is 1. The summed E-state index contributed by atoms with van der Waals surface area (Å²) in [6.45, 7) is 4.26. The van der Waals surface area contributed by atoms with E-state index in [4.69, 9.17) is 0 Å². The minimum absolute atomic E-state index is 0.0121. The topological polar surface area (TPSA) is 96.7 Å². The predicted octanol–water partition coefficient (Wildman–Crippen LogP) is 3.35. The van der Waals surface area contributed by atoms with Crippen LogP contribution in [0.15, 0.2) is 57.8 Å². The second-order valence-corrected chi connectivity index (χ2v) is 10.2. The molecule has 0 saturated heterocycles. The molecule has 0 unspecified atom stereocenters. The third-order valence-corrected chi connectivity index (χ3v) is 7.43. The number of thioether (sulfide) groups is 1. The summed E-state index contributed by atoms with van der Waals surface area (Å²) in [6, 6.07) is 14.8. The molecule has 2 aromatic carbocycles. The van der Waals surface area contributed by atoms with Crippen molar-refractivity contribution in [3.05, 3.63) is 65.5 Å². The lowest BCUT2D eigenvalue weighted by Crippen LogP contribution is -2.35. The average molecular weight is 454 g/mol. The molecule has 8 nitrogen and oxygen atoms in total. The molecule has 158 valence electrons. The number of para-hydroxylation sites is 2. The van der Waals surface area contributed by atoms with E-state index < -0.39 is 10.0 Å². The summed E-state index contributed by atoms with van der Waals surface area (Å²) in [5, 5.41) is 7.93. The van der Waals surface area contributed by atoms with Crippen molar-refractivity contribution in [3.63, 3.8) is 0 Å². The molecule has 0 aliphatic carbocycles. The first-order valence-electron chi connectivity index (χ1n) is 9.67. The Morgan fingerprint density at radius 3 is 2.68 bits per heavy atom. The summed E-state index contributed by atoms with van der Waals surface area (Å²) in [4.78, 5) is 15.7. The fourth-order valence-corrected chi connectivity index (χ4v) is 6.00. The highest BCUT2D eigenvalue weighted by Crippen LogP contribution is 2.42. The van der Waals surface area contributed by atoms with Crippen molar-refractivity contribution in [1.82, 2.24) is 9.78 Å². The molecular weight excluding hydrogens is 434 g/mol. The normalized spacial score (nSPS) is 16.5. The molecule has 5 rings (SSSR count). The number of rotatable bonds is 3. The van der Waals surface area contributed by atoms with E-state index in [1.54, 1.807) is 16.8 Å². The second-order valence-electron chi connectivity index (χ2n) is 7.41. The maximum atomic E-state index is 13.0.